The summed E-state index contributed by atoms with van der Waals surface area (Å²) in [6.07, 6.45) is 10.4. The molecule has 0 radical (unpaired) electrons. The van der Waals surface area contributed by atoms with Crippen molar-refractivity contribution in [2.24, 2.45) is 5.41 Å². The molecule has 10 aromatic rings. The Morgan fingerprint density at radius 3 is 1.34 bits per heavy atom. The molecule has 0 fully saturated rings. The monoisotopic (exact) mass is 916 g/mol. The van der Waals surface area contributed by atoms with Crippen molar-refractivity contribution in [1.29, 1.82) is 5.26 Å². The molecule has 0 saturated heterocycles. The largest absolute Gasteiger partial charge is 0.256 e. The van der Waals surface area contributed by atoms with Crippen LogP contribution in [0.3, 0.4) is 0 Å². The first-order valence-corrected chi connectivity index (χ1v) is 24.6. The Labute approximate surface area is 419 Å². The molecule has 0 spiro atoms. The van der Waals surface area contributed by atoms with E-state index in [4.69, 9.17) is 4.98 Å². The Kier molecular flexibility index (Phi) is 13.7. The number of rotatable bonds is 14. The number of nitriles is 1. The van der Waals surface area contributed by atoms with Crippen LogP contribution in [0.5, 0.6) is 0 Å². The first-order chi connectivity index (χ1) is 34.7. The number of pyridine rings is 3. The highest BCUT2D eigenvalue weighted by atomic mass is 14.7. The third kappa shape index (κ3) is 11.3. The maximum atomic E-state index is 9.42. The molecule has 71 heavy (non-hydrogen) atoms. The number of benzene rings is 7. The van der Waals surface area contributed by atoms with E-state index in [1.807, 2.05) is 67.1 Å². The van der Waals surface area contributed by atoms with Gasteiger partial charge >= 0.3 is 0 Å². The van der Waals surface area contributed by atoms with E-state index < -0.39 is 0 Å². The second-order valence-electron chi connectivity index (χ2n) is 19.7. The number of hydrogen-bond donors (Lipinski definition) is 0. The van der Waals surface area contributed by atoms with Crippen LogP contribution in [-0.2, 0) is 32.1 Å². The second kappa shape index (κ2) is 21.0. The van der Waals surface area contributed by atoms with Gasteiger partial charge in [0, 0.05) is 35.3 Å². The van der Waals surface area contributed by atoms with Gasteiger partial charge in [0.1, 0.15) is 0 Å². The third-order valence-electron chi connectivity index (χ3n) is 13.2. The molecule has 0 atom stereocenters. The predicted octanol–water partition coefficient (Wildman–Crippen LogP) is 16.6. The molecule has 3 heterocycles. The van der Waals surface area contributed by atoms with E-state index in [2.05, 4.69) is 195 Å². The van der Waals surface area contributed by atoms with Crippen molar-refractivity contribution in [3.8, 4) is 84.3 Å². The van der Waals surface area contributed by atoms with Gasteiger partial charge in [-0.15, -0.1) is 0 Å². The molecule has 10 rings (SSSR count). The molecule has 7 aromatic carbocycles. The summed E-state index contributed by atoms with van der Waals surface area (Å²) < 4.78 is 0. The van der Waals surface area contributed by atoms with Crippen LogP contribution in [0.4, 0.5) is 0 Å². The smallest absolute Gasteiger partial charge is 0.0991 e. The molecule has 0 unspecified atom stereocenters. The van der Waals surface area contributed by atoms with Crippen molar-refractivity contribution in [3.05, 3.63) is 258 Å². The number of nitrogens with zero attached hydrogens (tertiary/aromatic N) is 4. The highest BCUT2D eigenvalue weighted by molar-refractivity contribution is 5.94. The highest BCUT2D eigenvalue weighted by Crippen LogP contribution is 2.41. The van der Waals surface area contributed by atoms with Crippen molar-refractivity contribution in [2.75, 3.05) is 0 Å². The predicted molar refractivity (Wildman–Crippen MR) is 293 cm³/mol. The van der Waals surface area contributed by atoms with Gasteiger partial charge in [-0.25, -0.2) is 0 Å². The molecule has 0 aliphatic carbocycles. The zero-order chi connectivity index (χ0) is 48.6. The molecule has 0 N–H and O–H groups in total. The quantitative estimate of drug-likeness (QED) is 0.109. The van der Waals surface area contributed by atoms with Crippen LogP contribution >= 0.6 is 0 Å². The summed E-state index contributed by atoms with van der Waals surface area (Å²) in [4.78, 5) is 14.1. The Morgan fingerprint density at radius 2 is 0.817 bits per heavy atom. The number of aryl methyl sites for hydroxylation is 4. The SMILES string of the molecule is CC(C)(C)Cc1ccc(-c2ccc(-c3ccccc3-c3cc(CCc4ccc(-c5ccccn5)cc4)cc(CCc4ccc(-c5ccccn5)cc4)c3)c(-c3ccc(-c4ccc(C#N)cc4)cc3)c2)nc1. The van der Waals surface area contributed by atoms with Crippen molar-refractivity contribution in [2.45, 2.75) is 52.9 Å². The van der Waals surface area contributed by atoms with Gasteiger partial charge in [0.05, 0.1) is 28.7 Å². The summed E-state index contributed by atoms with van der Waals surface area (Å²) in [5, 5.41) is 9.42. The molecule has 344 valence electrons. The minimum atomic E-state index is 0.177. The highest BCUT2D eigenvalue weighted by Gasteiger charge is 2.17. The summed E-state index contributed by atoms with van der Waals surface area (Å²) in [6, 6.07) is 76.1. The summed E-state index contributed by atoms with van der Waals surface area (Å²) in [7, 11) is 0. The molecule has 3 aromatic heterocycles. The molecule has 0 aliphatic rings. The fourth-order valence-corrected chi connectivity index (χ4v) is 9.57. The van der Waals surface area contributed by atoms with E-state index in [0.717, 1.165) is 93.7 Å². The molecule has 0 amide bonds. The van der Waals surface area contributed by atoms with Gasteiger partial charge in [0.15, 0.2) is 0 Å². The first-order valence-electron chi connectivity index (χ1n) is 24.6. The van der Waals surface area contributed by atoms with E-state index in [-0.39, 0.29) is 5.41 Å². The first kappa shape index (κ1) is 46.2. The van der Waals surface area contributed by atoms with Gasteiger partial charge in [-0.05, 0) is 158 Å². The fourth-order valence-electron chi connectivity index (χ4n) is 9.57. The lowest BCUT2D eigenvalue weighted by atomic mass is 9.86. The maximum absolute atomic E-state index is 9.42. The van der Waals surface area contributed by atoms with Crippen LogP contribution in [0.2, 0.25) is 0 Å². The van der Waals surface area contributed by atoms with Crippen LogP contribution in [0.25, 0.3) is 78.3 Å². The lowest BCUT2D eigenvalue weighted by Crippen LogP contribution is -2.09. The molecular weight excluding hydrogens is 861 g/mol. The molecule has 4 nitrogen and oxygen atoms in total. The summed E-state index contributed by atoms with van der Waals surface area (Å²) in [5.41, 5.74) is 22.8. The molecule has 4 heteroatoms. The van der Waals surface area contributed by atoms with E-state index in [0.29, 0.717) is 5.56 Å². The van der Waals surface area contributed by atoms with Gasteiger partial charge in [-0.1, -0.05) is 178 Å². The van der Waals surface area contributed by atoms with Gasteiger partial charge in [-0.2, -0.15) is 5.26 Å². The van der Waals surface area contributed by atoms with Crippen LogP contribution in [0, 0.1) is 16.7 Å². The minimum Gasteiger partial charge on any atom is -0.256 e. The van der Waals surface area contributed by atoms with Crippen LogP contribution < -0.4 is 0 Å². The molecule has 0 saturated carbocycles. The zero-order valence-corrected chi connectivity index (χ0v) is 40.7. The third-order valence-corrected chi connectivity index (χ3v) is 13.2. The summed E-state index contributed by atoms with van der Waals surface area (Å²) in [5.74, 6) is 0. The number of aromatic nitrogens is 3. The Balaban J connectivity index is 1.02. The Hall–Kier alpha value is -8.52. The second-order valence-corrected chi connectivity index (χ2v) is 19.7. The van der Waals surface area contributed by atoms with Gasteiger partial charge in [0.2, 0.25) is 0 Å². The van der Waals surface area contributed by atoms with Gasteiger partial charge < -0.3 is 0 Å². The molecule has 0 bridgehead atoms. The van der Waals surface area contributed by atoms with Crippen molar-refractivity contribution >= 4 is 0 Å². The van der Waals surface area contributed by atoms with Crippen LogP contribution in [0.1, 0.15) is 54.2 Å². The summed E-state index contributed by atoms with van der Waals surface area (Å²) >= 11 is 0. The average Bonchev–Trinajstić information content (AvgIpc) is 3.42. The van der Waals surface area contributed by atoms with Crippen molar-refractivity contribution in [3.63, 3.8) is 0 Å². The Bertz CT molecular complexity index is 3310. The summed E-state index contributed by atoms with van der Waals surface area (Å²) in [6.45, 7) is 6.80. The zero-order valence-electron chi connectivity index (χ0n) is 40.7. The average molecular weight is 917 g/mol. The normalized spacial score (nSPS) is 11.3. The van der Waals surface area contributed by atoms with E-state index in [1.54, 1.807) is 0 Å². The van der Waals surface area contributed by atoms with E-state index in [1.165, 1.54) is 44.5 Å². The van der Waals surface area contributed by atoms with Gasteiger partial charge in [0.25, 0.3) is 0 Å². The van der Waals surface area contributed by atoms with Crippen LogP contribution in [-0.4, -0.2) is 15.0 Å². The van der Waals surface area contributed by atoms with Crippen LogP contribution in [0.15, 0.2) is 225 Å². The minimum absolute atomic E-state index is 0.177. The molecule has 0 aliphatic heterocycles. The Morgan fingerprint density at radius 1 is 0.352 bits per heavy atom. The fraction of sp³-hybridized carbons (Fsp3) is 0.134. The van der Waals surface area contributed by atoms with Crippen molar-refractivity contribution < 1.29 is 0 Å². The standard InChI is InChI=1S/C67H56N4/c1-67(2,3)44-52-24-37-66(71-46-52)58-35-36-62(63(43-58)55-33-31-54(32-34-55)53-25-22-49(45-68)23-26-53)61-11-5-4-10-60(61)59-41-50(16-14-47-18-27-56(28-19-47)64-12-6-8-38-69-64)40-51(42-59)17-15-48-20-29-57(30-21-48)65-13-7-9-39-70-65/h4-13,18-43,46H,14-17,44H2,1-3H3. The van der Waals surface area contributed by atoms with Crippen molar-refractivity contribution in [1.82, 2.24) is 15.0 Å². The maximum Gasteiger partial charge on any atom is 0.0991 e. The van der Waals surface area contributed by atoms with E-state index in [9.17, 15) is 5.26 Å². The lowest BCUT2D eigenvalue weighted by molar-refractivity contribution is 0.411. The topological polar surface area (TPSA) is 62.5 Å². The van der Waals surface area contributed by atoms with E-state index >= 15 is 0 Å². The lowest BCUT2D eigenvalue weighted by Gasteiger charge is -2.19. The molecular formula is C67H56N4. The van der Waals surface area contributed by atoms with Gasteiger partial charge in [-0.3, -0.25) is 15.0 Å². The number of hydrogen-bond acceptors (Lipinski definition) is 4.